The van der Waals surface area contributed by atoms with Crippen LogP contribution in [0.1, 0.15) is 43.6 Å². The zero-order chi connectivity index (χ0) is 33.0. The summed E-state index contributed by atoms with van der Waals surface area (Å²) in [4.78, 5) is 15.7. The molecule has 1 fully saturated rings. The summed E-state index contributed by atoms with van der Waals surface area (Å²) >= 11 is 0. The Morgan fingerprint density at radius 2 is 0.940 bits per heavy atom. The van der Waals surface area contributed by atoms with Crippen LogP contribution in [0.4, 0.5) is 0 Å². The maximum atomic E-state index is 5.31. The van der Waals surface area contributed by atoms with Gasteiger partial charge in [0, 0.05) is 38.4 Å². The van der Waals surface area contributed by atoms with Gasteiger partial charge in [-0.3, -0.25) is 4.57 Å². The molecule has 5 nitrogen and oxygen atoms in total. The Bertz CT molecular complexity index is 2660. The van der Waals surface area contributed by atoms with Crippen molar-refractivity contribution in [1.29, 1.82) is 0 Å². The lowest BCUT2D eigenvalue weighted by Crippen LogP contribution is -2.07. The maximum Gasteiger partial charge on any atom is 0.238 e. The molecule has 240 valence electrons. The Labute approximate surface area is 290 Å². The first kappa shape index (κ1) is 28.9. The van der Waals surface area contributed by atoms with Crippen LogP contribution in [-0.4, -0.2) is 24.1 Å². The Kier molecular flexibility index (Phi) is 6.83. The van der Waals surface area contributed by atoms with Gasteiger partial charge in [0.1, 0.15) is 0 Å². The molecule has 0 atom stereocenters. The Balaban J connectivity index is 1.28. The number of benzene rings is 6. The van der Waals surface area contributed by atoms with Crippen molar-refractivity contribution in [2.75, 3.05) is 0 Å². The average Bonchev–Trinajstić information content (AvgIpc) is 3.72. The second-order valence-corrected chi connectivity index (χ2v) is 13.5. The molecule has 3 aromatic heterocycles. The van der Waals surface area contributed by atoms with Crippen LogP contribution in [0, 0.1) is 0 Å². The Morgan fingerprint density at radius 1 is 0.420 bits per heavy atom. The van der Waals surface area contributed by atoms with Crippen molar-refractivity contribution < 1.29 is 0 Å². The zero-order valence-electron chi connectivity index (χ0n) is 27.7. The number of rotatable bonds is 5. The van der Waals surface area contributed by atoms with Crippen LogP contribution in [0.25, 0.3) is 78.0 Å². The molecule has 0 amide bonds. The average molecular weight is 646 g/mol. The van der Waals surface area contributed by atoms with E-state index in [1.165, 1.54) is 48.4 Å². The van der Waals surface area contributed by atoms with Crippen LogP contribution in [-0.2, 0) is 0 Å². The van der Waals surface area contributed by atoms with E-state index in [9.17, 15) is 0 Å². The third kappa shape index (κ3) is 4.65. The van der Waals surface area contributed by atoms with E-state index >= 15 is 0 Å². The lowest BCUT2D eigenvalue weighted by atomic mass is 9.84. The van der Waals surface area contributed by atoms with Crippen LogP contribution < -0.4 is 0 Å². The highest BCUT2D eigenvalue weighted by atomic mass is 15.2. The molecule has 1 saturated carbocycles. The van der Waals surface area contributed by atoms with Crippen LogP contribution in [0.15, 0.2) is 146 Å². The highest BCUT2D eigenvalue weighted by Crippen LogP contribution is 2.41. The first-order valence-electron chi connectivity index (χ1n) is 17.7. The van der Waals surface area contributed by atoms with Gasteiger partial charge in [-0.1, -0.05) is 141 Å². The monoisotopic (exact) mass is 645 g/mol. The summed E-state index contributed by atoms with van der Waals surface area (Å²) < 4.78 is 4.66. The SMILES string of the molecule is c1ccc(-c2nc(-c3ccc(C4CCCCC4)cc3)nc(-n3c4ccccc4c4ccc5c6ccccc6n(-c6ccccc6)c5c43)n2)cc1. The predicted molar refractivity (Wildman–Crippen MR) is 205 cm³/mol. The van der Waals surface area contributed by atoms with Crippen molar-refractivity contribution >= 4 is 43.6 Å². The molecular weight excluding hydrogens is 611 g/mol. The highest BCUT2D eigenvalue weighted by molar-refractivity contribution is 6.23. The van der Waals surface area contributed by atoms with Gasteiger partial charge in [-0.05, 0) is 48.6 Å². The van der Waals surface area contributed by atoms with E-state index in [4.69, 9.17) is 15.0 Å². The molecule has 6 aromatic carbocycles. The molecule has 0 N–H and O–H groups in total. The van der Waals surface area contributed by atoms with Crippen molar-refractivity contribution in [2.45, 2.75) is 38.0 Å². The molecule has 0 aliphatic heterocycles. The largest absolute Gasteiger partial charge is 0.307 e. The third-order valence-electron chi connectivity index (χ3n) is 10.6. The minimum absolute atomic E-state index is 0.605. The molecule has 0 bridgehead atoms. The second kappa shape index (κ2) is 11.8. The summed E-state index contributed by atoms with van der Waals surface area (Å²) in [5, 5.41) is 4.73. The molecule has 0 radical (unpaired) electrons. The molecule has 3 heterocycles. The zero-order valence-corrected chi connectivity index (χ0v) is 27.7. The van der Waals surface area contributed by atoms with E-state index in [0.29, 0.717) is 23.5 Å². The summed E-state index contributed by atoms with van der Waals surface area (Å²) in [5.41, 5.74) is 8.92. The lowest BCUT2D eigenvalue weighted by Gasteiger charge is -2.22. The Hall–Kier alpha value is -6.07. The van der Waals surface area contributed by atoms with Gasteiger partial charge in [-0.15, -0.1) is 0 Å². The van der Waals surface area contributed by atoms with Gasteiger partial charge >= 0.3 is 0 Å². The fourth-order valence-electron chi connectivity index (χ4n) is 8.20. The lowest BCUT2D eigenvalue weighted by molar-refractivity contribution is 0.443. The molecule has 9 aromatic rings. The summed E-state index contributed by atoms with van der Waals surface area (Å²) in [6.07, 6.45) is 6.54. The fourth-order valence-corrected chi connectivity index (χ4v) is 8.20. The van der Waals surface area contributed by atoms with Gasteiger partial charge < -0.3 is 4.57 Å². The van der Waals surface area contributed by atoms with Gasteiger partial charge in [0.2, 0.25) is 5.95 Å². The summed E-state index contributed by atoms with van der Waals surface area (Å²) in [7, 11) is 0. The van der Waals surface area contributed by atoms with Gasteiger partial charge in [0.05, 0.1) is 22.1 Å². The van der Waals surface area contributed by atoms with E-state index in [-0.39, 0.29) is 0 Å². The second-order valence-electron chi connectivity index (χ2n) is 13.5. The van der Waals surface area contributed by atoms with E-state index in [0.717, 1.165) is 49.7 Å². The predicted octanol–water partition coefficient (Wildman–Crippen LogP) is 11.4. The number of hydrogen-bond acceptors (Lipinski definition) is 3. The van der Waals surface area contributed by atoms with Crippen molar-refractivity contribution in [3.63, 3.8) is 0 Å². The summed E-state index contributed by atoms with van der Waals surface area (Å²) in [6, 6.07) is 51.7. The molecule has 0 unspecified atom stereocenters. The van der Waals surface area contributed by atoms with Gasteiger partial charge in [-0.25, -0.2) is 4.98 Å². The number of nitrogens with zero attached hydrogens (tertiary/aromatic N) is 5. The molecule has 10 rings (SSSR count). The molecule has 0 saturated heterocycles. The molecule has 1 aliphatic carbocycles. The van der Waals surface area contributed by atoms with Crippen molar-refractivity contribution in [3.05, 3.63) is 151 Å². The molecular formula is C45H35N5. The maximum absolute atomic E-state index is 5.31. The quantitative estimate of drug-likeness (QED) is 0.187. The van der Waals surface area contributed by atoms with Crippen molar-refractivity contribution in [2.24, 2.45) is 0 Å². The van der Waals surface area contributed by atoms with Gasteiger partial charge in [-0.2, -0.15) is 9.97 Å². The third-order valence-corrected chi connectivity index (χ3v) is 10.6. The summed E-state index contributed by atoms with van der Waals surface area (Å²) in [6.45, 7) is 0. The number of hydrogen-bond donors (Lipinski definition) is 0. The number of aromatic nitrogens is 5. The van der Waals surface area contributed by atoms with Crippen LogP contribution in [0.3, 0.4) is 0 Å². The van der Waals surface area contributed by atoms with Crippen LogP contribution >= 0.6 is 0 Å². The van der Waals surface area contributed by atoms with E-state index < -0.39 is 0 Å². The molecule has 50 heavy (non-hydrogen) atoms. The molecule has 0 spiro atoms. The number of para-hydroxylation sites is 3. The minimum atomic E-state index is 0.605. The van der Waals surface area contributed by atoms with Gasteiger partial charge in [0.25, 0.3) is 0 Å². The molecule has 5 heteroatoms. The number of fused-ring (bicyclic) bond motifs is 7. The van der Waals surface area contributed by atoms with Crippen molar-refractivity contribution in [1.82, 2.24) is 24.1 Å². The first-order chi connectivity index (χ1) is 24.8. The minimum Gasteiger partial charge on any atom is -0.307 e. The van der Waals surface area contributed by atoms with Crippen LogP contribution in [0.5, 0.6) is 0 Å². The van der Waals surface area contributed by atoms with Crippen molar-refractivity contribution in [3.8, 4) is 34.4 Å². The van der Waals surface area contributed by atoms with E-state index in [1.54, 1.807) is 0 Å². The normalized spacial score (nSPS) is 13.9. The smallest absolute Gasteiger partial charge is 0.238 e. The summed E-state index contributed by atoms with van der Waals surface area (Å²) in [5.74, 6) is 2.58. The Morgan fingerprint density at radius 3 is 1.58 bits per heavy atom. The van der Waals surface area contributed by atoms with Gasteiger partial charge in [0.15, 0.2) is 11.6 Å². The van der Waals surface area contributed by atoms with Crippen LogP contribution in [0.2, 0.25) is 0 Å². The fraction of sp³-hybridized carbons (Fsp3) is 0.133. The molecule has 1 aliphatic rings. The highest BCUT2D eigenvalue weighted by Gasteiger charge is 2.23. The van der Waals surface area contributed by atoms with E-state index in [2.05, 4.69) is 137 Å². The van der Waals surface area contributed by atoms with E-state index in [1.807, 2.05) is 18.2 Å². The topological polar surface area (TPSA) is 48.5 Å². The first-order valence-corrected chi connectivity index (χ1v) is 17.7. The standard InChI is InChI=1S/C45H35N5/c1-4-14-30(15-5-1)31-24-26-33(27-25-31)44-46-43(32-16-6-2-7-17-32)47-45(48-44)50-40-23-13-11-21-36(40)38-29-28-37-35-20-10-12-22-39(35)49(41(37)42(38)50)34-18-8-3-9-19-34/h2-3,6-13,16-30H,1,4-5,14-15H2.